The third kappa shape index (κ3) is 7.08. The number of fused-ring (bicyclic) bond motifs is 2. The van der Waals surface area contributed by atoms with Gasteiger partial charge in [0, 0.05) is 30.4 Å². The van der Waals surface area contributed by atoms with E-state index in [-0.39, 0.29) is 43.1 Å². The number of para-hydroxylation sites is 2. The number of aromatic nitrogens is 1. The molecular weight excluding hydrogens is 419 g/mol. The van der Waals surface area contributed by atoms with Gasteiger partial charge in [-0.15, -0.1) is 37.2 Å². The Balaban J connectivity index is 0.00000243. The van der Waals surface area contributed by atoms with Gasteiger partial charge in [0.1, 0.15) is 0 Å². The zero-order chi connectivity index (χ0) is 17.5. The van der Waals surface area contributed by atoms with Crippen molar-refractivity contribution in [1.29, 1.82) is 0 Å². The van der Waals surface area contributed by atoms with Crippen molar-refractivity contribution in [1.82, 2.24) is 15.6 Å². The molecule has 0 bridgehead atoms. The molecule has 0 saturated carbocycles. The smallest absolute Gasteiger partial charge is 0.224 e. The molecule has 4 N–H and O–H groups in total. The molecule has 0 atom stereocenters. The van der Waals surface area contributed by atoms with Crippen LogP contribution in [0.5, 0.6) is 0 Å². The fourth-order valence-electron chi connectivity index (χ4n) is 2.91. The summed E-state index contributed by atoms with van der Waals surface area (Å²) in [5.74, 6) is 0.0290. The highest BCUT2D eigenvalue weighted by Gasteiger charge is 2.09. The van der Waals surface area contributed by atoms with Gasteiger partial charge in [-0.05, 0) is 30.7 Å². The highest BCUT2D eigenvalue weighted by atomic mass is 35.5. The van der Waals surface area contributed by atoms with Crippen molar-refractivity contribution < 1.29 is 4.79 Å². The standard InChI is InChI=1S/C20H24N4O.3ClH/c21-9-12-22-10-4-11-23-19(25)14-17-7-3-6-16-13-15-5-1-2-8-18(15)24-20(16)17;;;/h1-3,5-8,13,22H,4,9-12,14,21H2,(H,23,25);3*1H. The number of rotatable bonds is 8. The van der Waals surface area contributed by atoms with Crippen LogP contribution in [0.25, 0.3) is 21.8 Å². The van der Waals surface area contributed by atoms with Crippen molar-refractivity contribution in [2.45, 2.75) is 12.8 Å². The second kappa shape index (κ2) is 13.5. The van der Waals surface area contributed by atoms with Crippen LogP contribution in [-0.2, 0) is 11.2 Å². The molecule has 5 nitrogen and oxygen atoms in total. The van der Waals surface area contributed by atoms with Crippen molar-refractivity contribution in [3.8, 4) is 0 Å². The molecule has 0 saturated heterocycles. The number of carbonyl (C=O) groups excluding carboxylic acids is 1. The number of carbonyl (C=O) groups is 1. The summed E-state index contributed by atoms with van der Waals surface area (Å²) in [4.78, 5) is 17.0. The number of halogens is 3. The van der Waals surface area contributed by atoms with Crippen molar-refractivity contribution in [2.24, 2.45) is 5.73 Å². The van der Waals surface area contributed by atoms with E-state index in [1.807, 2.05) is 36.4 Å². The summed E-state index contributed by atoms with van der Waals surface area (Å²) >= 11 is 0. The van der Waals surface area contributed by atoms with Gasteiger partial charge in [-0.25, -0.2) is 4.98 Å². The third-order valence-corrected chi connectivity index (χ3v) is 4.16. The Labute approximate surface area is 184 Å². The van der Waals surface area contributed by atoms with Gasteiger partial charge in [-0.2, -0.15) is 0 Å². The van der Waals surface area contributed by atoms with Crippen LogP contribution in [0.2, 0.25) is 0 Å². The Bertz CT molecular complexity index is 876. The maximum Gasteiger partial charge on any atom is 0.224 e. The molecule has 2 aromatic carbocycles. The predicted molar refractivity (Wildman–Crippen MR) is 124 cm³/mol. The Morgan fingerprint density at radius 1 is 0.929 bits per heavy atom. The average molecular weight is 446 g/mol. The first-order chi connectivity index (χ1) is 12.3. The summed E-state index contributed by atoms with van der Waals surface area (Å²) in [6, 6.07) is 16.2. The Kier molecular flexibility index (Phi) is 12.7. The van der Waals surface area contributed by atoms with Gasteiger partial charge in [0.25, 0.3) is 0 Å². The van der Waals surface area contributed by atoms with E-state index in [1.54, 1.807) is 0 Å². The lowest BCUT2D eigenvalue weighted by Gasteiger charge is -2.09. The molecule has 0 unspecified atom stereocenters. The van der Waals surface area contributed by atoms with Gasteiger partial charge in [0.05, 0.1) is 17.5 Å². The van der Waals surface area contributed by atoms with E-state index in [4.69, 9.17) is 10.7 Å². The first kappa shape index (κ1) is 26.4. The van der Waals surface area contributed by atoms with Gasteiger partial charge in [0.15, 0.2) is 0 Å². The zero-order valence-electron chi connectivity index (χ0n) is 15.5. The van der Waals surface area contributed by atoms with E-state index in [9.17, 15) is 4.79 Å². The van der Waals surface area contributed by atoms with Crippen molar-refractivity contribution in [2.75, 3.05) is 26.2 Å². The summed E-state index contributed by atoms with van der Waals surface area (Å²) in [5, 5.41) is 8.36. The average Bonchev–Trinajstić information content (AvgIpc) is 2.63. The van der Waals surface area contributed by atoms with Crippen molar-refractivity contribution >= 4 is 64.9 Å². The van der Waals surface area contributed by atoms with E-state index in [1.165, 1.54) is 0 Å². The molecule has 0 aliphatic carbocycles. The van der Waals surface area contributed by atoms with Gasteiger partial charge in [-0.3, -0.25) is 4.79 Å². The lowest BCUT2D eigenvalue weighted by Crippen LogP contribution is -2.30. The predicted octanol–water partition coefficient (Wildman–Crippen LogP) is 3.25. The van der Waals surface area contributed by atoms with Gasteiger partial charge < -0.3 is 16.4 Å². The van der Waals surface area contributed by atoms with Crippen molar-refractivity contribution in [3.63, 3.8) is 0 Å². The number of nitrogens with one attached hydrogen (secondary N) is 2. The summed E-state index contributed by atoms with van der Waals surface area (Å²) in [6.45, 7) is 2.97. The molecule has 0 aliphatic heterocycles. The Morgan fingerprint density at radius 2 is 1.68 bits per heavy atom. The lowest BCUT2D eigenvalue weighted by molar-refractivity contribution is -0.120. The van der Waals surface area contributed by atoms with Gasteiger partial charge in [0.2, 0.25) is 5.91 Å². The van der Waals surface area contributed by atoms with Crippen LogP contribution in [0.4, 0.5) is 0 Å². The molecule has 3 aromatic rings. The topological polar surface area (TPSA) is 80.0 Å². The number of hydrogen-bond acceptors (Lipinski definition) is 4. The Hall–Kier alpha value is -1.63. The minimum Gasteiger partial charge on any atom is -0.356 e. The van der Waals surface area contributed by atoms with Gasteiger partial charge in [-0.1, -0.05) is 36.4 Å². The highest BCUT2D eigenvalue weighted by Crippen LogP contribution is 2.22. The minimum absolute atomic E-state index is 0. The Morgan fingerprint density at radius 3 is 2.46 bits per heavy atom. The molecule has 0 radical (unpaired) electrons. The lowest BCUT2D eigenvalue weighted by atomic mass is 10.0. The van der Waals surface area contributed by atoms with Crippen LogP contribution >= 0.6 is 37.2 Å². The second-order valence-electron chi connectivity index (χ2n) is 6.09. The van der Waals surface area contributed by atoms with Crippen LogP contribution in [0, 0.1) is 0 Å². The monoisotopic (exact) mass is 444 g/mol. The van der Waals surface area contributed by atoms with Crippen LogP contribution in [0.1, 0.15) is 12.0 Å². The number of benzene rings is 2. The number of hydrogen-bond donors (Lipinski definition) is 3. The molecular formula is C20H27Cl3N4O. The van der Waals surface area contributed by atoms with E-state index in [0.29, 0.717) is 19.5 Å². The van der Waals surface area contributed by atoms with E-state index < -0.39 is 0 Å². The molecule has 28 heavy (non-hydrogen) atoms. The molecule has 1 heterocycles. The molecule has 0 spiro atoms. The molecule has 1 amide bonds. The van der Waals surface area contributed by atoms with Gasteiger partial charge >= 0.3 is 0 Å². The molecule has 0 aliphatic rings. The maximum absolute atomic E-state index is 12.2. The molecule has 154 valence electrons. The number of amides is 1. The fraction of sp³-hybridized carbons (Fsp3) is 0.300. The van der Waals surface area contributed by atoms with E-state index in [2.05, 4.69) is 22.8 Å². The normalized spacial score (nSPS) is 9.89. The zero-order valence-corrected chi connectivity index (χ0v) is 18.0. The van der Waals surface area contributed by atoms with Crippen molar-refractivity contribution in [3.05, 3.63) is 54.1 Å². The highest BCUT2D eigenvalue weighted by molar-refractivity contribution is 5.95. The summed E-state index contributed by atoms with van der Waals surface area (Å²) in [6.07, 6.45) is 1.24. The molecule has 8 heteroatoms. The SMILES string of the molecule is Cl.Cl.Cl.NCCNCCCNC(=O)Cc1cccc2cc3ccccc3nc12. The minimum atomic E-state index is 0. The molecule has 1 aromatic heterocycles. The van der Waals surface area contributed by atoms with E-state index >= 15 is 0 Å². The molecule has 3 rings (SSSR count). The quantitative estimate of drug-likeness (QED) is 0.367. The number of nitrogens with two attached hydrogens (primary N) is 1. The first-order valence-electron chi connectivity index (χ1n) is 8.73. The van der Waals surface area contributed by atoms with Crippen LogP contribution in [-0.4, -0.2) is 37.1 Å². The first-order valence-corrected chi connectivity index (χ1v) is 8.73. The summed E-state index contributed by atoms with van der Waals surface area (Å²) in [7, 11) is 0. The van der Waals surface area contributed by atoms with E-state index in [0.717, 1.165) is 46.9 Å². The third-order valence-electron chi connectivity index (χ3n) is 4.16. The largest absolute Gasteiger partial charge is 0.356 e. The maximum atomic E-state index is 12.2. The molecule has 0 fully saturated rings. The van der Waals surface area contributed by atoms with Crippen LogP contribution < -0.4 is 16.4 Å². The van der Waals surface area contributed by atoms with Crippen LogP contribution in [0.15, 0.2) is 48.5 Å². The number of pyridine rings is 1. The number of nitrogens with zero attached hydrogens (tertiary/aromatic N) is 1. The van der Waals surface area contributed by atoms with Crippen LogP contribution in [0.3, 0.4) is 0 Å². The second-order valence-corrected chi connectivity index (χ2v) is 6.09. The summed E-state index contributed by atoms with van der Waals surface area (Å²) in [5.41, 5.74) is 8.24. The fourth-order valence-corrected chi connectivity index (χ4v) is 2.91. The summed E-state index contributed by atoms with van der Waals surface area (Å²) < 4.78 is 0.